The van der Waals surface area contributed by atoms with E-state index >= 15 is 0 Å². The number of rotatable bonds is 5. The minimum atomic E-state index is 0.657. The van der Waals surface area contributed by atoms with Gasteiger partial charge in [-0.2, -0.15) is 0 Å². The molecule has 2 aliphatic rings. The molecule has 1 N–H and O–H groups in total. The highest BCUT2D eigenvalue weighted by Crippen LogP contribution is 2.25. The third-order valence-corrected chi connectivity index (χ3v) is 5.82. The molecule has 0 radical (unpaired) electrons. The van der Waals surface area contributed by atoms with Gasteiger partial charge >= 0.3 is 0 Å². The zero-order valence-corrected chi connectivity index (χ0v) is 18.3. The van der Waals surface area contributed by atoms with Crippen LogP contribution in [0.2, 0.25) is 0 Å². The molecule has 5 rings (SSSR count). The summed E-state index contributed by atoms with van der Waals surface area (Å²) in [5.41, 5.74) is 4.09. The maximum Gasteiger partial charge on any atom is 0.163 e. The fourth-order valence-corrected chi connectivity index (χ4v) is 3.92. The van der Waals surface area contributed by atoms with Crippen molar-refractivity contribution in [1.82, 2.24) is 15.0 Å². The molecule has 4 heterocycles. The molecule has 3 aromatic rings. The Morgan fingerprint density at radius 1 is 0.781 bits per heavy atom. The Bertz CT molecular complexity index is 1030. The summed E-state index contributed by atoms with van der Waals surface area (Å²) in [5.74, 6) is 2.42. The molecular weight excluding hydrogens is 404 g/mol. The van der Waals surface area contributed by atoms with Crippen LogP contribution in [0.5, 0.6) is 0 Å². The molecule has 2 saturated heterocycles. The maximum atomic E-state index is 5.44. The molecule has 0 aliphatic carbocycles. The monoisotopic (exact) mass is 432 g/mol. The summed E-state index contributed by atoms with van der Waals surface area (Å²) in [4.78, 5) is 18.5. The number of pyridine rings is 1. The summed E-state index contributed by atoms with van der Waals surface area (Å²) in [6, 6.07) is 12.5. The van der Waals surface area contributed by atoms with Gasteiger partial charge in [-0.1, -0.05) is 0 Å². The van der Waals surface area contributed by atoms with Gasteiger partial charge in [0.2, 0.25) is 0 Å². The number of aryl methyl sites for hydroxylation is 1. The minimum Gasteiger partial charge on any atom is -0.378 e. The van der Waals surface area contributed by atoms with Crippen LogP contribution in [0.4, 0.5) is 23.0 Å². The number of nitrogens with zero attached hydrogens (tertiary/aromatic N) is 5. The van der Waals surface area contributed by atoms with Crippen molar-refractivity contribution in [2.45, 2.75) is 6.92 Å². The number of benzene rings is 1. The van der Waals surface area contributed by atoms with E-state index in [1.165, 1.54) is 5.69 Å². The SMILES string of the molecule is Cc1cnc(-c2ccc(N3CCOCC3)nc2)nc1Nc1ccc(N2CCOCC2)cc1. The van der Waals surface area contributed by atoms with Crippen molar-refractivity contribution in [3.8, 4) is 11.4 Å². The van der Waals surface area contributed by atoms with Crippen molar-refractivity contribution < 1.29 is 9.47 Å². The molecule has 0 atom stereocenters. The van der Waals surface area contributed by atoms with Crippen molar-refractivity contribution in [2.24, 2.45) is 0 Å². The molecule has 1 aromatic carbocycles. The predicted molar refractivity (Wildman–Crippen MR) is 126 cm³/mol. The Kier molecular flexibility index (Phi) is 6.13. The average Bonchev–Trinajstić information content (AvgIpc) is 2.87. The van der Waals surface area contributed by atoms with E-state index in [0.29, 0.717) is 5.82 Å². The van der Waals surface area contributed by atoms with Crippen molar-refractivity contribution in [2.75, 3.05) is 67.7 Å². The standard InChI is InChI=1S/C24H28N6O2/c1-18-16-26-24(19-2-7-22(25-17-19)30-10-14-32-15-11-30)28-23(18)27-20-3-5-21(6-4-20)29-8-12-31-13-9-29/h2-7,16-17H,8-15H2,1H3,(H,26,27,28). The second-order valence-electron chi connectivity index (χ2n) is 8.00. The van der Waals surface area contributed by atoms with Gasteiger partial charge in [0.05, 0.1) is 26.4 Å². The van der Waals surface area contributed by atoms with Crippen LogP contribution < -0.4 is 15.1 Å². The number of nitrogens with one attached hydrogen (secondary N) is 1. The quantitative estimate of drug-likeness (QED) is 0.659. The summed E-state index contributed by atoms with van der Waals surface area (Å²) >= 11 is 0. The van der Waals surface area contributed by atoms with Crippen LogP contribution in [0.15, 0.2) is 48.8 Å². The lowest BCUT2D eigenvalue weighted by atomic mass is 10.2. The van der Waals surface area contributed by atoms with E-state index in [1.54, 1.807) is 0 Å². The lowest BCUT2D eigenvalue weighted by Gasteiger charge is -2.29. The van der Waals surface area contributed by atoms with Crippen LogP contribution in [0.1, 0.15) is 5.56 Å². The van der Waals surface area contributed by atoms with Crippen LogP contribution in [0.3, 0.4) is 0 Å². The fraction of sp³-hybridized carbons (Fsp3) is 0.375. The Balaban J connectivity index is 1.30. The van der Waals surface area contributed by atoms with E-state index in [1.807, 2.05) is 31.5 Å². The second-order valence-corrected chi connectivity index (χ2v) is 8.00. The topological polar surface area (TPSA) is 75.6 Å². The Morgan fingerprint density at radius 2 is 1.47 bits per heavy atom. The predicted octanol–water partition coefficient (Wildman–Crippen LogP) is 3.26. The van der Waals surface area contributed by atoms with Crippen LogP contribution in [0.25, 0.3) is 11.4 Å². The van der Waals surface area contributed by atoms with Gasteiger partial charge in [-0.3, -0.25) is 0 Å². The summed E-state index contributed by atoms with van der Waals surface area (Å²) in [7, 11) is 0. The van der Waals surface area contributed by atoms with Gasteiger partial charge in [0.15, 0.2) is 5.82 Å². The van der Waals surface area contributed by atoms with Crippen LogP contribution in [-0.4, -0.2) is 67.6 Å². The van der Waals surface area contributed by atoms with Gasteiger partial charge in [-0.25, -0.2) is 15.0 Å². The van der Waals surface area contributed by atoms with Gasteiger partial charge in [0.25, 0.3) is 0 Å². The number of aromatic nitrogens is 3. The van der Waals surface area contributed by atoms with E-state index < -0.39 is 0 Å². The Labute approximate surface area is 188 Å². The molecule has 0 spiro atoms. The largest absolute Gasteiger partial charge is 0.378 e. The summed E-state index contributed by atoms with van der Waals surface area (Å²) in [6.45, 7) is 8.65. The second kappa shape index (κ2) is 9.50. The number of hydrogen-bond donors (Lipinski definition) is 1. The Morgan fingerprint density at radius 3 is 2.12 bits per heavy atom. The molecule has 2 fully saturated rings. The van der Waals surface area contributed by atoms with E-state index in [0.717, 1.165) is 81.1 Å². The highest BCUT2D eigenvalue weighted by Gasteiger charge is 2.14. The average molecular weight is 433 g/mol. The number of morpholine rings is 2. The third kappa shape index (κ3) is 4.66. The van der Waals surface area contributed by atoms with E-state index in [4.69, 9.17) is 14.5 Å². The summed E-state index contributed by atoms with van der Waals surface area (Å²) in [6.07, 6.45) is 3.69. The molecule has 0 amide bonds. The lowest BCUT2D eigenvalue weighted by molar-refractivity contribution is 0.122. The normalized spacial score (nSPS) is 16.8. The van der Waals surface area contributed by atoms with E-state index in [2.05, 4.69) is 49.4 Å². The van der Waals surface area contributed by atoms with Crippen molar-refractivity contribution in [3.05, 3.63) is 54.4 Å². The van der Waals surface area contributed by atoms with Crippen molar-refractivity contribution in [3.63, 3.8) is 0 Å². The van der Waals surface area contributed by atoms with Gasteiger partial charge in [-0.15, -0.1) is 0 Å². The van der Waals surface area contributed by atoms with Crippen molar-refractivity contribution >= 4 is 23.0 Å². The summed E-state index contributed by atoms with van der Waals surface area (Å²) in [5, 5.41) is 3.44. The number of anilines is 4. The lowest BCUT2D eigenvalue weighted by Crippen LogP contribution is -2.36. The molecular formula is C24H28N6O2. The molecule has 8 heteroatoms. The first kappa shape index (κ1) is 20.7. The third-order valence-electron chi connectivity index (χ3n) is 5.82. The van der Waals surface area contributed by atoms with E-state index in [9.17, 15) is 0 Å². The molecule has 32 heavy (non-hydrogen) atoms. The van der Waals surface area contributed by atoms with Gasteiger partial charge in [0, 0.05) is 61.1 Å². The van der Waals surface area contributed by atoms with Crippen LogP contribution >= 0.6 is 0 Å². The van der Waals surface area contributed by atoms with Gasteiger partial charge in [0.1, 0.15) is 11.6 Å². The highest BCUT2D eigenvalue weighted by molar-refractivity contribution is 5.65. The fourth-order valence-electron chi connectivity index (χ4n) is 3.92. The van der Waals surface area contributed by atoms with Crippen LogP contribution in [-0.2, 0) is 9.47 Å². The molecule has 8 nitrogen and oxygen atoms in total. The van der Waals surface area contributed by atoms with E-state index in [-0.39, 0.29) is 0 Å². The van der Waals surface area contributed by atoms with Gasteiger partial charge in [-0.05, 0) is 43.3 Å². The summed E-state index contributed by atoms with van der Waals surface area (Å²) < 4.78 is 10.9. The number of ether oxygens (including phenoxy) is 2. The molecule has 0 bridgehead atoms. The molecule has 166 valence electrons. The first-order valence-electron chi connectivity index (χ1n) is 11.1. The van der Waals surface area contributed by atoms with Crippen LogP contribution in [0, 0.1) is 6.92 Å². The van der Waals surface area contributed by atoms with Gasteiger partial charge < -0.3 is 24.6 Å². The highest BCUT2D eigenvalue weighted by atomic mass is 16.5. The minimum absolute atomic E-state index is 0.657. The smallest absolute Gasteiger partial charge is 0.163 e. The number of hydrogen-bond acceptors (Lipinski definition) is 8. The first-order chi connectivity index (χ1) is 15.8. The zero-order chi connectivity index (χ0) is 21.8. The zero-order valence-electron chi connectivity index (χ0n) is 18.3. The van der Waals surface area contributed by atoms with Crippen molar-refractivity contribution in [1.29, 1.82) is 0 Å². The molecule has 0 saturated carbocycles. The Hall–Kier alpha value is -3.23. The first-order valence-corrected chi connectivity index (χ1v) is 11.1. The maximum absolute atomic E-state index is 5.44. The molecule has 2 aromatic heterocycles. The molecule has 0 unspecified atom stereocenters. The molecule has 2 aliphatic heterocycles.